The van der Waals surface area contributed by atoms with Gasteiger partial charge >= 0.3 is 6.18 Å². The van der Waals surface area contributed by atoms with Crippen LogP contribution < -0.4 is 9.47 Å². The maximum atomic E-state index is 11.9. The highest BCUT2D eigenvalue weighted by atomic mass is 35.5. The minimum Gasteiger partial charge on any atom is -0.493 e. The van der Waals surface area contributed by atoms with Crippen LogP contribution >= 0.6 is 11.6 Å². The fraction of sp³-hybridized carbons (Fsp3) is 0.538. The number of ether oxygens (including phenoxy) is 3. The Morgan fingerprint density at radius 2 is 1.76 bits per heavy atom. The number of alkyl halides is 3. The molecule has 1 atom stereocenters. The van der Waals surface area contributed by atoms with E-state index in [1.54, 1.807) is 0 Å². The summed E-state index contributed by atoms with van der Waals surface area (Å²) in [5, 5.41) is 10.2. The van der Waals surface area contributed by atoms with Gasteiger partial charge in [-0.25, -0.2) is 0 Å². The lowest BCUT2D eigenvalue weighted by molar-refractivity contribution is -0.175. The van der Waals surface area contributed by atoms with E-state index >= 15 is 0 Å². The summed E-state index contributed by atoms with van der Waals surface area (Å²) in [5.41, 5.74) is 0.338. The van der Waals surface area contributed by atoms with Crippen LogP contribution in [0.4, 0.5) is 13.2 Å². The molecule has 0 fully saturated rings. The molecular weight excluding hydrogens is 313 g/mol. The molecule has 0 aliphatic rings. The highest BCUT2D eigenvalue weighted by Gasteiger charge is 2.27. The van der Waals surface area contributed by atoms with E-state index < -0.39 is 18.9 Å². The largest absolute Gasteiger partial charge is 0.493 e. The lowest BCUT2D eigenvalue weighted by atomic mass is 10.1. The number of benzene rings is 1. The molecule has 0 aromatic heterocycles. The SMILES string of the molecule is COc1cc(Cl)c(C(O)CCOCC(F)(F)F)cc1OC. The second-order valence-electron chi connectivity index (χ2n) is 4.20. The van der Waals surface area contributed by atoms with Crippen molar-refractivity contribution in [3.05, 3.63) is 22.7 Å². The van der Waals surface area contributed by atoms with E-state index in [1.807, 2.05) is 0 Å². The van der Waals surface area contributed by atoms with Crippen molar-refractivity contribution in [1.29, 1.82) is 0 Å². The topological polar surface area (TPSA) is 47.9 Å². The van der Waals surface area contributed by atoms with Gasteiger partial charge in [-0.2, -0.15) is 13.2 Å². The summed E-state index contributed by atoms with van der Waals surface area (Å²) in [6, 6.07) is 2.95. The van der Waals surface area contributed by atoms with Gasteiger partial charge in [-0.15, -0.1) is 0 Å². The number of rotatable bonds is 7. The molecule has 0 bridgehead atoms. The highest BCUT2D eigenvalue weighted by Crippen LogP contribution is 2.36. The maximum Gasteiger partial charge on any atom is 0.411 e. The molecule has 0 saturated carbocycles. The highest BCUT2D eigenvalue weighted by molar-refractivity contribution is 6.31. The van der Waals surface area contributed by atoms with Crippen LogP contribution in [0, 0.1) is 0 Å². The summed E-state index contributed by atoms with van der Waals surface area (Å²) in [5.74, 6) is 0.763. The van der Waals surface area contributed by atoms with Crippen LogP contribution in [0.2, 0.25) is 5.02 Å². The third-order valence-corrected chi connectivity index (χ3v) is 2.99. The van der Waals surface area contributed by atoms with Crippen molar-refractivity contribution in [2.24, 2.45) is 0 Å². The fourth-order valence-electron chi connectivity index (χ4n) is 1.66. The predicted octanol–water partition coefficient (Wildman–Crippen LogP) is 3.36. The Bertz CT molecular complexity index is 465. The minimum atomic E-state index is -4.38. The fourth-order valence-corrected chi connectivity index (χ4v) is 1.94. The third-order valence-electron chi connectivity index (χ3n) is 2.66. The van der Waals surface area contributed by atoms with Gasteiger partial charge in [0.05, 0.1) is 25.3 Å². The smallest absolute Gasteiger partial charge is 0.411 e. The number of hydrogen-bond acceptors (Lipinski definition) is 4. The normalized spacial score (nSPS) is 13.1. The standard InChI is InChI=1S/C13H16ClF3O4/c1-19-11-5-8(9(14)6-12(11)20-2)10(18)3-4-21-7-13(15,16)17/h5-6,10,18H,3-4,7H2,1-2H3. The Hall–Kier alpha value is -1.18. The number of hydrogen-bond donors (Lipinski definition) is 1. The molecular formula is C13H16ClF3O4. The first-order chi connectivity index (χ1) is 9.78. The van der Waals surface area contributed by atoms with Crippen molar-refractivity contribution < 1.29 is 32.5 Å². The van der Waals surface area contributed by atoms with Crippen LogP contribution in [0.5, 0.6) is 11.5 Å². The Morgan fingerprint density at radius 1 is 1.19 bits per heavy atom. The van der Waals surface area contributed by atoms with Crippen molar-refractivity contribution in [2.75, 3.05) is 27.4 Å². The molecule has 1 aromatic carbocycles. The van der Waals surface area contributed by atoms with Gasteiger partial charge in [0.25, 0.3) is 0 Å². The van der Waals surface area contributed by atoms with E-state index in [4.69, 9.17) is 21.1 Å². The van der Waals surface area contributed by atoms with Crippen molar-refractivity contribution in [3.8, 4) is 11.5 Å². The first-order valence-electron chi connectivity index (χ1n) is 6.02. The lowest BCUT2D eigenvalue weighted by Gasteiger charge is -2.16. The second kappa shape index (κ2) is 7.72. The molecule has 1 N–H and O–H groups in total. The van der Waals surface area contributed by atoms with E-state index in [-0.39, 0.29) is 18.1 Å². The van der Waals surface area contributed by atoms with E-state index in [0.717, 1.165) is 0 Å². The zero-order valence-electron chi connectivity index (χ0n) is 11.5. The van der Waals surface area contributed by atoms with Crippen molar-refractivity contribution in [3.63, 3.8) is 0 Å². The molecule has 21 heavy (non-hydrogen) atoms. The molecule has 4 nitrogen and oxygen atoms in total. The van der Waals surface area contributed by atoms with Gasteiger partial charge in [-0.1, -0.05) is 11.6 Å². The molecule has 0 aliphatic heterocycles. The van der Waals surface area contributed by atoms with E-state index in [9.17, 15) is 18.3 Å². The number of halogens is 4. The van der Waals surface area contributed by atoms with E-state index in [0.29, 0.717) is 17.1 Å². The van der Waals surface area contributed by atoms with Crippen molar-refractivity contribution in [2.45, 2.75) is 18.7 Å². The molecule has 0 amide bonds. The number of methoxy groups -OCH3 is 2. The maximum absolute atomic E-state index is 11.9. The summed E-state index contributed by atoms with van der Waals surface area (Å²) < 4.78 is 50.3. The van der Waals surface area contributed by atoms with Crippen molar-refractivity contribution in [1.82, 2.24) is 0 Å². The lowest BCUT2D eigenvalue weighted by Crippen LogP contribution is -2.18. The van der Waals surface area contributed by atoms with E-state index in [2.05, 4.69) is 4.74 Å². The van der Waals surface area contributed by atoms with Gasteiger partial charge in [-0.05, 0) is 6.07 Å². The van der Waals surface area contributed by atoms with Crippen LogP contribution in [-0.2, 0) is 4.74 Å². The molecule has 0 saturated heterocycles. The Kier molecular flexibility index (Phi) is 6.57. The van der Waals surface area contributed by atoms with Crippen LogP contribution in [0.1, 0.15) is 18.1 Å². The molecule has 1 rings (SSSR count). The minimum absolute atomic E-state index is 0.0225. The molecule has 0 radical (unpaired) electrons. The zero-order chi connectivity index (χ0) is 16.0. The first kappa shape index (κ1) is 17.9. The molecule has 0 aliphatic carbocycles. The van der Waals surface area contributed by atoms with E-state index in [1.165, 1.54) is 26.4 Å². The van der Waals surface area contributed by atoms with Gasteiger partial charge in [0.1, 0.15) is 6.61 Å². The number of aliphatic hydroxyl groups excluding tert-OH is 1. The number of aliphatic hydroxyl groups is 1. The molecule has 0 spiro atoms. The van der Waals surface area contributed by atoms with Crippen LogP contribution in [0.3, 0.4) is 0 Å². The Labute approximate surface area is 125 Å². The summed E-state index contributed by atoms with van der Waals surface area (Å²) in [6.07, 6.45) is -5.47. The van der Waals surface area contributed by atoms with Crippen LogP contribution in [0.15, 0.2) is 12.1 Å². The van der Waals surface area contributed by atoms with Crippen LogP contribution in [0.25, 0.3) is 0 Å². The van der Waals surface area contributed by atoms with Gasteiger partial charge < -0.3 is 19.3 Å². The summed E-state index contributed by atoms with van der Waals surface area (Å²) in [4.78, 5) is 0. The molecule has 0 heterocycles. The van der Waals surface area contributed by atoms with Gasteiger partial charge in [0.2, 0.25) is 0 Å². The quantitative estimate of drug-likeness (QED) is 0.780. The van der Waals surface area contributed by atoms with Gasteiger partial charge in [-0.3, -0.25) is 0 Å². The van der Waals surface area contributed by atoms with Crippen LogP contribution in [-0.4, -0.2) is 38.7 Å². The Morgan fingerprint density at radius 3 is 2.29 bits per heavy atom. The predicted molar refractivity (Wildman–Crippen MR) is 71.0 cm³/mol. The average molecular weight is 329 g/mol. The second-order valence-corrected chi connectivity index (χ2v) is 4.61. The summed E-state index contributed by atoms with van der Waals surface area (Å²) >= 11 is 6.00. The molecule has 120 valence electrons. The van der Waals surface area contributed by atoms with Gasteiger partial charge in [0.15, 0.2) is 11.5 Å². The summed E-state index contributed by atoms with van der Waals surface area (Å²) in [7, 11) is 2.86. The Balaban J connectivity index is 2.67. The molecule has 8 heteroatoms. The summed E-state index contributed by atoms with van der Waals surface area (Å²) in [6.45, 7) is -1.59. The van der Waals surface area contributed by atoms with Gasteiger partial charge in [0, 0.05) is 24.7 Å². The zero-order valence-corrected chi connectivity index (χ0v) is 12.3. The van der Waals surface area contributed by atoms with Crippen molar-refractivity contribution >= 4 is 11.6 Å². The first-order valence-corrected chi connectivity index (χ1v) is 6.40. The monoisotopic (exact) mass is 328 g/mol. The molecule has 1 aromatic rings. The average Bonchev–Trinajstić information content (AvgIpc) is 2.41. The molecule has 1 unspecified atom stereocenters. The third kappa shape index (κ3) is 5.61.